The Hall–Kier alpha value is -4.12. The first kappa shape index (κ1) is 22.1. The highest BCUT2D eigenvalue weighted by Crippen LogP contribution is 2.31. The van der Waals surface area contributed by atoms with Gasteiger partial charge in [-0.25, -0.2) is 9.97 Å². The summed E-state index contributed by atoms with van der Waals surface area (Å²) in [6.45, 7) is 1.78. The van der Waals surface area contributed by atoms with E-state index >= 15 is 0 Å². The van der Waals surface area contributed by atoms with Gasteiger partial charge in [-0.2, -0.15) is 5.26 Å². The zero-order chi connectivity index (χ0) is 23.2. The fourth-order valence-electron chi connectivity index (χ4n) is 3.89. The van der Waals surface area contributed by atoms with Gasteiger partial charge < -0.3 is 19.7 Å². The summed E-state index contributed by atoms with van der Waals surface area (Å²) in [4.78, 5) is 23.1. The standard InChI is InChI=1S/C25H25N5O3/c1-32-22-7-5-18(14-19(22)15-26)20-8-10-27-24(29-20)13-17-4-6-21(23(12-17)33-2)30-11-3-9-28-25(31)16-30/h4-8,10,12,14H,3,9,11,13,16H2,1-2H3,(H,28,31). The Morgan fingerprint density at radius 2 is 1.97 bits per heavy atom. The number of anilines is 1. The molecule has 8 nitrogen and oxygen atoms in total. The molecular weight excluding hydrogens is 418 g/mol. The minimum atomic E-state index is 0.0157. The van der Waals surface area contributed by atoms with E-state index in [0.29, 0.717) is 42.4 Å². The summed E-state index contributed by atoms with van der Waals surface area (Å²) in [6, 6.07) is 15.3. The number of nitriles is 1. The van der Waals surface area contributed by atoms with Crippen molar-refractivity contribution < 1.29 is 14.3 Å². The molecule has 2 aromatic carbocycles. The molecule has 0 radical (unpaired) electrons. The molecule has 3 aromatic rings. The first-order valence-electron chi connectivity index (χ1n) is 10.7. The van der Waals surface area contributed by atoms with Gasteiger partial charge in [-0.1, -0.05) is 6.07 Å². The summed E-state index contributed by atoms with van der Waals surface area (Å²) >= 11 is 0. The molecule has 1 N–H and O–H groups in total. The first-order valence-corrected chi connectivity index (χ1v) is 10.7. The van der Waals surface area contributed by atoms with Crippen LogP contribution < -0.4 is 19.7 Å². The second-order valence-electron chi connectivity index (χ2n) is 7.69. The summed E-state index contributed by atoms with van der Waals surface area (Å²) in [5.74, 6) is 1.92. The van der Waals surface area contributed by atoms with Crippen LogP contribution in [-0.4, -0.2) is 49.7 Å². The molecule has 0 spiro atoms. The maximum Gasteiger partial charge on any atom is 0.239 e. The molecule has 0 saturated carbocycles. The van der Waals surface area contributed by atoms with Gasteiger partial charge in [0.25, 0.3) is 0 Å². The molecule has 1 fully saturated rings. The highest BCUT2D eigenvalue weighted by molar-refractivity contribution is 5.82. The van der Waals surface area contributed by atoms with Gasteiger partial charge in [-0.15, -0.1) is 0 Å². The molecule has 168 valence electrons. The number of nitrogens with one attached hydrogen (secondary N) is 1. The van der Waals surface area contributed by atoms with Gasteiger partial charge in [-0.3, -0.25) is 4.79 Å². The van der Waals surface area contributed by atoms with Gasteiger partial charge in [0.2, 0.25) is 5.91 Å². The normalized spacial score (nSPS) is 13.6. The highest BCUT2D eigenvalue weighted by Gasteiger charge is 2.19. The number of hydrogen-bond acceptors (Lipinski definition) is 7. The van der Waals surface area contributed by atoms with Crippen LogP contribution in [0.1, 0.15) is 23.4 Å². The Bertz CT molecular complexity index is 1200. The quantitative estimate of drug-likeness (QED) is 0.625. The van der Waals surface area contributed by atoms with Gasteiger partial charge in [0.1, 0.15) is 23.4 Å². The monoisotopic (exact) mass is 443 g/mol. The average molecular weight is 444 g/mol. The molecule has 1 saturated heterocycles. The molecule has 0 atom stereocenters. The Kier molecular flexibility index (Phi) is 6.69. The number of methoxy groups -OCH3 is 2. The SMILES string of the molecule is COc1ccc(-c2ccnc(Cc3ccc(N4CCCNC(=O)C4)c(OC)c3)n2)cc1C#N. The van der Waals surface area contributed by atoms with Crippen molar-refractivity contribution in [3.63, 3.8) is 0 Å². The second kappa shape index (κ2) is 10.0. The number of carbonyl (C=O) groups excluding carboxylic acids is 1. The lowest BCUT2D eigenvalue weighted by Gasteiger charge is -2.24. The van der Waals surface area contributed by atoms with Crippen molar-refractivity contribution >= 4 is 11.6 Å². The van der Waals surface area contributed by atoms with Crippen LogP contribution in [0.5, 0.6) is 11.5 Å². The summed E-state index contributed by atoms with van der Waals surface area (Å²) < 4.78 is 10.9. The van der Waals surface area contributed by atoms with E-state index < -0.39 is 0 Å². The van der Waals surface area contributed by atoms with E-state index in [-0.39, 0.29) is 5.91 Å². The maximum absolute atomic E-state index is 12.0. The van der Waals surface area contributed by atoms with Crippen molar-refractivity contribution in [1.29, 1.82) is 5.26 Å². The fraction of sp³-hybridized carbons (Fsp3) is 0.280. The molecule has 0 aliphatic carbocycles. The molecule has 4 rings (SSSR count). The third-order valence-electron chi connectivity index (χ3n) is 5.53. The number of rotatable bonds is 6. The van der Waals surface area contributed by atoms with Crippen molar-refractivity contribution in [2.24, 2.45) is 0 Å². The lowest BCUT2D eigenvalue weighted by atomic mass is 10.1. The van der Waals surface area contributed by atoms with E-state index in [1.807, 2.05) is 35.2 Å². The van der Waals surface area contributed by atoms with Crippen LogP contribution >= 0.6 is 0 Å². The number of ether oxygens (including phenoxy) is 2. The summed E-state index contributed by atoms with van der Waals surface area (Å²) in [5, 5.41) is 12.3. The molecule has 1 aliphatic rings. The largest absolute Gasteiger partial charge is 0.495 e. The topological polar surface area (TPSA) is 100 Å². The summed E-state index contributed by atoms with van der Waals surface area (Å²) in [5.41, 5.74) is 3.91. The number of aromatic nitrogens is 2. The molecule has 0 unspecified atom stereocenters. The average Bonchev–Trinajstić information content (AvgIpc) is 3.07. The molecule has 1 amide bonds. The van der Waals surface area contributed by atoms with Crippen molar-refractivity contribution in [3.05, 3.63) is 65.6 Å². The number of hydrogen-bond donors (Lipinski definition) is 1. The number of benzene rings is 2. The van der Waals surface area contributed by atoms with Crippen LogP contribution in [0.3, 0.4) is 0 Å². The smallest absolute Gasteiger partial charge is 0.239 e. The van der Waals surface area contributed by atoms with E-state index in [2.05, 4.69) is 16.4 Å². The summed E-state index contributed by atoms with van der Waals surface area (Å²) in [7, 11) is 3.17. The zero-order valence-electron chi connectivity index (χ0n) is 18.7. The van der Waals surface area contributed by atoms with Gasteiger partial charge >= 0.3 is 0 Å². The maximum atomic E-state index is 12.0. The van der Waals surface area contributed by atoms with E-state index in [9.17, 15) is 10.1 Å². The van der Waals surface area contributed by atoms with Crippen molar-refractivity contribution in [2.75, 3.05) is 38.8 Å². The Labute approximate surface area is 192 Å². The molecule has 2 heterocycles. The van der Waals surface area contributed by atoms with Gasteiger partial charge in [0.05, 0.1) is 37.7 Å². The Balaban J connectivity index is 1.57. The Morgan fingerprint density at radius 3 is 2.76 bits per heavy atom. The van der Waals surface area contributed by atoms with Crippen LogP contribution in [0.4, 0.5) is 5.69 Å². The predicted molar refractivity (Wildman–Crippen MR) is 124 cm³/mol. The fourth-order valence-corrected chi connectivity index (χ4v) is 3.89. The van der Waals surface area contributed by atoms with Crippen LogP contribution in [-0.2, 0) is 11.2 Å². The van der Waals surface area contributed by atoms with Crippen molar-refractivity contribution in [1.82, 2.24) is 15.3 Å². The molecule has 0 bridgehead atoms. The van der Waals surface area contributed by atoms with Crippen molar-refractivity contribution in [3.8, 4) is 28.8 Å². The van der Waals surface area contributed by atoms with Crippen LogP contribution in [0.2, 0.25) is 0 Å². The van der Waals surface area contributed by atoms with Gasteiger partial charge in [0, 0.05) is 31.3 Å². The Morgan fingerprint density at radius 1 is 1.12 bits per heavy atom. The van der Waals surface area contributed by atoms with Crippen molar-refractivity contribution in [2.45, 2.75) is 12.8 Å². The lowest BCUT2D eigenvalue weighted by molar-refractivity contribution is -0.119. The van der Waals surface area contributed by atoms with Gasteiger partial charge in [0.15, 0.2) is 0 Å². The predicted octanol–water partition coefficient (Wildman–Crippen LogP) is 2.95. The molecular formula is C25H25N5O3. The minimum Gasteiger partial charge on any atom is -0.495 e. The van der Waals surface area contributed by atoms with Crippen LogP contribution in [0, 0.1) is 11.3 Å². The molecule has 33 heavy (non-hydrogen) atoms. The highest BCUT2D eigenvalue weighted by atomic mass is 16.5. The van der Waals surface area contributed by atoms with Gasteiger partial charge in [-0.05, 0) is 48.4 Å². The number of nitrogens with zero attached hydrogens (tertiary/aromatic N) is 4. The van der Waals surface area contributed by atoms with Crippen LogP contribution in [0.15, 0.2) is 48.7 Å². The molecule has 1 aromatic heterocycles. The van der Waals surface area contributed by atoms with E-state index in [1.165, 1.54) is 0 Å². The van der Waals surface area contributed by atoms with Crippen LogP contribution in [0.25, 0.3) is 11.3 Å². The molecule has 1 aliphatic heterocycles. The second-order valence-corrected chi connectivity index (χ2v) is 7.69. The number of carbonyl (C=O) groups is 1. The first-order chi connectivity index (χ1) is 16.1. The van der Waals surface area contributed by atoms with E-state index in [1.54, 1.807) is 32.5 Å². The number of amides is 1. The lowest BCUT2D eigenvalue weighted by Crippen LogP contribution is -2.33. The summed E-state index contributed by atoms with van der Waals surface area (Å²) in [6.07, 6.45) is 3.12. The van der Waals surface area contributed by atoms with E-state index in [0.717, 1.165) is 35.5 Å². The minimum absolute atomic E-state index is 0.0157. The zero-order valence-corrected chi connectivity index (χ0v) is 18.7. The molecule has 8 heteroatoms. The third-order valence-corrected chi connectivity index (χ3v) is 5.53. The third kappa shape index (κ3) is 5.04. The van der Waals surface area contributed by atoms with E-state index in [4.69, 9.17) is 14.5 Å².